The molecule has 44 heavy (non-hydrogen) atoms. The van der Waals surface area contributed by atoms with Crippen LogP contribution in [0.2, 0.25) is 5.02 Å². The molecule has 1 unspecified atom stereocenters. The molecular weight excluding hydrogens is 595 g/mol. The van der Waals surface area contributed by atoms with Crippen LogP contribution in [0, 0.1) is 0 Å². The van der Waals surface area contributed by atoms with Gasteiger partial charge in [0.2, 0.25) is 0 Å². The molecular formula is C32H37ClF3N5O3. The molecule has 2 aromatic carbocycles. The van der Waals surface area contributed by atoms with E-state index in [0.29, 0.717) is 50.7 Å². The third-order valence-corrected chi connectivity index (χ3v) is 8.43. The summed E-state index contributed by atoms with van der Waals surface area (Å²) in [5.74, 6) is -1.29. The Bertz CT molecular complexity index is 1480. The van der Waals surface area contributed by atoms with E-state index in [0.717, 1.165) is 28.9 Å². The number of benzene rings is 2. The summed E-state index contributed by atoms with van der Waals surface area (Å²) in [5.41, 5.74) is 1.29. The van der Waals surface area contributed by atoms with Crippen molar-refractivity contribution in [3.63, 3.8) is 0 Å². The minimum atomic E-state index is -2.88. The highest BCUT2D eigenvalue weighted by Gasteiger charge is 2.34. The fourth-order valence-corrected chi connectivity index (χ4v) is 6.19. The van der Waals surface area contributed by atoms with Crippen LogP contribution in [-0.4, -0.2) is 78.1 Å². The summed E-state index contributed by atoms with van der Waals surface area (Å²) in [6.45, 7) is 7.52. The predicted molar refractivity (Wildman–Crippen MR) is 164 cm³/mol. The fourth-order valence-electron chi connectivity index (χ4n) is 6.03. The first-order chi connectivity index (χ1) is 21.0. The lowest BCUT2D eigenvalue weighted by Gasteiger charge is -2.38. The van der Waals surface area contributed by atoms with E-state index in [4.69, 9.17) is 16.3 Å². The molecule has 8 nitrogen and oxygen atoms in total. The molecule has 5 rings (SSSR count). The number of carbonyl (C=O) groups is 2. The van der Waals surface area contributed by atoms with E-state index in [1.165, 1.54) is 24.7 Å². The van der Waals surface area contributed by atoms with Crippen molar-refractivity contribution in [1.29, 1.82) is 0 Å². The molecule has 236 valence electrons. The largest absolute Gasteiger partial charge is 0.462 e. The van der Waals surface area contributed by atoms with Crippen molar-refractivity contribution in [2.45, 2.75) is 51.7 Å². The maximum Gasteiger partial charge on any atom is 0.341 e. The van der Waals surface area contributed by atoms with Crippen molar-refractivity contribution in [1.82, 2.24) is 14.7 Å². The van der Waals surface area contributed by atoms with Crippen molar-refractivity contribution in [3.8, 4) is 11.1 Å². The Morgan fingerprint density at radius 3 is 2.39 bits per heavy atom. The Hall–Kier alpha value is -3.73. The number of piperidine rings is 1. The number of anilines is 2. The molecule has 3 heterocycles. The highest BCUT2D eigenvalue weighted by Crippen LogP contribution is 2.38. The minimum absolute atomic E-state index is 0.0824. The van der Waals surface area contributed by atoms with Crippen LogP contribution in [-0.2, 0) is 9.53 Å². The summed E-state index contributed by atoms with van der Waals surface area (Å²) in [4.78, 5) is 30.5. The third kappa shape index (κ3) is 6.67. The maximum atomic E-state index is 14.2. The Kier molecular flexibility index (Phi) is 9.43. The topological polar surface area (TPSA) is 70.9 Å². The molecule has 2 fully saturated rings. The van der Waals surface area contributed by atoms with Gasteiger partial charge >= 0.3 is 5.97 Å². The molecule has 2 aliphatic rings. The van der Waals surface area contributed by atoms with Crippen LogP contribution >= 0.6 is 11.6 Å². The van der Waals surface area contributed by atoms with E-state index in [1.807, 2.05) is 42.5 Å². The van der Waals surface area contributed by atoms with Crippen molar-refractivity contribution >= 4 is 34.9 Å². The fraction of sp³-hybridized carbons (Fsp3) is 0.469. The Morgan fingerprint density at radius 1 is 1.05 bits per heavy atom. The summed E-state index contributed by atoms with van der Waals surface area (Å²) < 4.78 is 48.7. The van der Waals surface area contributed by atoms with Crippen LogP contribution in [0.25, 0.3) is 11.1 Å². The van der Waals surface area contributed by atoms with Gasteiger partial charge in [0, 0.05) is 61.2 Å². The van der Waals surface area contributed by atoms with Crippen LogP contribution in [0.4, 0.5) is 24.5 Å². The van der Waals surface area contributed by atoms with Gasteiger partial charge in [-0.25, -0.2) is 18.0 Å². The Labute approximate surface area is 260 Å². The number of halogens is 4. The summed E-state index contributed by atoms with van der Waals surface area (Å²) in [5, 5.41) is 4.77. The number of aromatic nitrogens is 2. The van der Waals surface area contributed by atoms with Gasteiger partial charge in [-0.05, 0) is 63.4 Å². The third-order valence-electron chi connectivity index (χ3n) is 8.20. The van der Waals surface area contributed by atoms with E-state index in [-0.39, 0.29) is 18.2 Å². The van der Waals surface area contributed by atoms with E-state index in [2.05, 4.69) is 14.9 Å². The van der Waals surface area contributed by atoms with Crippen molar-refractivity contribution in [2.75, 3.05) is 55.7 Å². The van der Waals surface area contributed by atoms with E-state index in [1.54, 1.807) is 11.8 Å². The number of alkyl halides is 3. The number of carbonyl (C=O) groups excluding carboxylic acids is 2. The van der Waals surface area contributed by atoms with Crippen molar-refractivity contribution < 1.29 is 27.5 Å². The maximum absolute atomic E-state index is 14.2. The molecule has 0 radical (unpaired) electrons. The average Bonchev–Trinajstić information content (AvgIpc) is 3.47. The second-order valence-electron chi connectivity index (χ2n) is 11.6. The molecule has 0 saturated carbocycles. The first-order valence-electron chi connectivity index (χ1n) is 14.9. The summed E-state index contributed by atoms with van der Waals surface area (Å²) >= 11 is 6.45. The van der Waals surface area contributed by atoms with Crippen LogP contribution in [0.1, 0.15) is 62.1 Å². The van der Waals surface area contributed by atoms with E-state index >= 15 is 0 Å². The molecule has 0 bridgehead atoms. The van der Waals surface area contributed by atoms with Crippen molar-refractivity contribution in [2.24, 2.45) is 0 Å². The van der Waals surface area contributed by atoms with Gasteiger partial charge < -0.3 is 19.4 Å². The number of hydrogen-bond donors (Lipinski definition) is 0. The number of piperazine rings is 1. The zero-order valence-electron chi connectivity index (χ0n) is 25.1. The SMILES string of the molecule is CCOC(=O)c1cnn(C2CCCN(c3cc(Cl)ccc3-c3ccc(N4CCN(C(=O)C(C)(C)F)CC4)cc3)C2)c1C(F)F. The zero-order valence-corrected chi connectivity index (χ0v) is 25.9. The first-order valence-corrected chi connectivity index (χ1v) is 15.3. The van der Waals surface area contributed by atoms with Crippen LogP contribution in [0.3, 0.4) is 0 Å². The average molecular weight is 632 g/mol. The monoisotopic (exact) mass is 631 g/mol. The second-order valence-corrected chi connectivity index (χ2v) is 12.0. The molecule has 0 aliphatic carbocycles. The van der Waals surface area contributed by atoms with Gasteiger partial charge in [-0.15, -0.1) is 0 Å². The molecule has 1 aromatic heterocycles. The molecule has 1 atom stereocenters. The lowest BCUT2D eigenvalue weighted by molar-refractivity contribution is -0.142. The van der Waals surface area contributed by atoms with Crippen LogP contribution in [0.5, 0.6) is 0 Å². The molecule has 3 aromatic rings. The predicted octanol–water partition coefficient (Wildman–Crippen LogP) is 6.56. The molecule has 0 N–H and O–H groups in total. The molecule has 12 heteroatoms. The summed E-state index contributed by atoms with van der Waals surface area (Å²) in [6, 6.07) is 13.4. The number of rotatable bonds is 8. The van der Waals surface area contributed by atoms with Gasteiger partial charge in [-0.1, -0.05) is 29.8 Å². The normalized spacial score (nSPS) is 17.7. The van der Waals surface area contributed by atoms with E-state index < -0.39 is 29.7 Å². The van der Waals surface area contributed by atoms with Gasteiger partial charge in [0.1, 0.15) is 11.3 Å². The molecule has 2 aliphatic heterocycles. The Balaban J connectivity index is 1.35. The van der Waals surface area contributed by atoms with Gasteiger partial charge in [-0.3, -0.25) is 9.48 Å². The smallest absolute Gasteiger partial charge is 0.341 e. The minimum Gasteiger partial charge on any atom is -0.462 e. The molecule has 2 saturated heterocycles. The lowest BCUT2D eigenvalue weighted by Crippen LogP contribution is -2.53. The Morgan fingerprint density at radius 2 is 1.75 bits per heavy atom. The quantitative estimate of drug-likeness (QED) is 0.263. The number of amides is 1. The van der Waals surface area contributed by atoms with Crippen molar-refractivity contribution in [3.05, 3.63) is 64.9 Å². The number of hydrogen-bond acceptors (Lipinski definition) is 6. The second kappa shape index (κ2) is 13.1. The molecule has 0 spiro atoms. The van der Waals surface area contributed by atoms with Gasteiger partial charge in [0.15, 0.2) is 5.67 Å². The van der Waals surface area contributed by atoms with Gasteiger partial charge in [0.05, 0.1) is 18.8 Å². The number of ether oxygens (including phenoxy) is 1. The highest BCUT2D eigenvalue weighted by atomic mass is 35.5. The van der Waals surface area contributed by atoms with E-state index in [9.17, 15) is 22.8 Å². The number of nitrogens with zero attached hydrogens (tertiary/aromatic N) is 5. The first kappa shape index (κ1) is 31.7. The molecule has 1 amide bonds. The number of esters is 1. The van der Waals surface area contributed by atoms with Crippen LogP contribution < -0.4 is 9.80 Å². The lowest BCUT2D eigenvalue weighted by atomic mass is 9.99. The van der Waals surface area contributed by atoms with Gasteiger partial charge in [-0.2, -0.15) is 5.10 Å². The summed E-state index contributed by atoms with van der Waals surface area (Å²) in [7, 11) is 0. The highest BCUT2D eigenvalue weighted by molar-refractivity contribution is 6.31. The standard InChI is InChI=1S/C32H37ClF3N5O3/c1-4-44-30(42)26-19-37-41(28(26)29(34)35)24-6-5-13-40(20-24)27-18-22(33)9-12-25(27)21-7-10-23(11-8-21)38-14-16-39(17-15-38)31(43)32(2,3)36/h7-12,18-19,24,29H,4-6,13-17,20H2,1-3H3. The van der Waals surface area contributed by atoms with Crippen LogP contribution in [0.15, 0.2) is 48.7 Å². The summed E-state index contributed by atoms with van der Waals surface area (Å²) in [6.07, 6.45) is -0.343. The zero-order chi connectivity index (χ0) is 31.6. The van der Waals surface area contributed by atoms with Gasteiger partial charge in [0.25, 0.3) is 12.3 Å².